The largest absolute Gasteiger partial charge is 0.516 e. The maximum absolute atomic E-state index is 12.8. The second-order valence-electron chi connectivity index (χ2n) is 19.9. The van der Waals surface area contributed by atoms with Crippen molar-refractivity contribution in [2.45, 2.75) is 39.3 Å². The second-order valence-corrected chi connectivity index (χ2v) is 22.0. The first-order valence-corrected chi connectivity index (χ1v) is 28.7. The van der Waals surface area contributed by atoms with Gasteiger partial charge in [-0.25, -0.2) is 15.0 Å². The first-order valence-electron chi connectivity index (χ1n) is 26.8. The van der Waals surface area contributed by atoms with E-state index < -0.39 is 21.6 Å². The molecule has 0 saturated carbocycles. The number of para-hydroxylation sites is 1. The molecule has 1 unspecified atom stereocenters. The zero-order valence-corrected chi connectivity index (χ0v) is 48.1. The molecule has 3 aromatic heterocycles. The van der Waals surface area contributed by atoms with Crippen LogP contribution in [0.4, 0.5) is 18.9 Å². The molecule has 424 valence electrons. The lowest BCUT2D eigenvalue weighted by Crippen LogP contribution is -2.30. The van der Waals surface area contributed by atoms with Gasteiger partial charge in [0.15, 0.2) is 23.3 Å². The number of aryl methyl sites for hydroxylation is 2. The molecule has 9 aromatic carbocycles. The number of carbonyl (C=O) groups is 1. The van der Waals surface area contributed by atoms with Gasteiger partial charge in [-0.15, -0.1) is 0 Å². The molecule has 0 bridgehead atoms. The summed E-state index contributed by atoms with van der Waals surface area (Å²) in [5.41, 5.74) is 10.5. The summed E-state index contributed by atoms with van der Waals surface area (Å²) in [7, 11) is -5.55. The fraction of sp³-hybridized carbons (Fsp3) is 0.0857. The van der Waals surface area contributed by atoms with Gasteiger partial charge in [-0.05, 0) is 175 Å². The number of benzene rings is 9. The van der Waals surface area contributed by atoms with Crippen LogP contribution in [0.3, 0.4) is 0 Å². The van der Waals surface area contributed by atoms with Crippen LogP contribution in [0.2, 0.25) is 5.02 Å². The van der Waals surface area contributed by atoms with Crippen LogP contribution in [0.1, 0.15) is 81.2 Å². The number of hydrogen-bond donors (Lipinski definition) is 5. The first kappa shape index (κ1) is 58.7. The molecule has 0 fully saturated rings. The molecule has 11 nitrogen and oxygen atoms in total. The lowest BCUT2D eigenvalue weighted by Gasteiger charge is -2.14. The van der Waals surface area contributed by atoms with Crippen LogP contribution >= 0.6 is 11.6 Å². The fourth-order valence-corrected chi connectivity index (χ4v) is 10.1. The molecule has 86 heavy (non-hydrogen) atoms. The monoisotopic (exact) mass is 1180 g/mol. The van der Waals surface area contributed by atoms with Crippen LogP contribution in [-0.2, 0) is 10.0 Å². The molecule has 16 heteroatoms. The molecule has 0 amide bonds. The van der Waals surface area contributed by atoms with Crippen LogP contribution in [0.5, 0.6) is 0 Å². The average molecular weight is 1180 g/mol. The number of sulfonamides is 1. The Morgan fingerprint density at radius 1 is 0.523 bits per heavy atom. The van der Waals surface area contributed by atoms with Gasteiger partial charge in [-0.2, -0.15) is 21.6 Å². The van der Waals surface area contributed by atoms with Gasteiger partial charge in [-0.3, -0.25) is 9.52 Å². The molecule has 0 saturated heterocycles. The number of alkyl halides is 3. The van der Waals surface area contributed by atoms with Gasteiger partial charge >= 0.3 is 15.5 Å². The van der Waals surface area contributed by atoms with Crippen molar-refractivity contribution in [1.82, 2.24) is 29.9 Å². The number of aromatic amines is 3. The molecule has 0 spiro atoms. The number of H-pyrrole nitrogens is 3. The molecular formula is C70H51ClF3N7O4S. The van der Waals surface area contributed by atoms with Gasteiger partial charge < -0.3 is 20.1 Å². The predicted molar refractivity (Wildman–Crippen MR) is 336 cm³/mol. The van der Waals surface area contributed by atoms with E-state index in [-0.39, 0.29) is 17.0 Å². The number of aromatic nitrogens is 6. The van der Waals surface area contributed by atoms with Crippen molar-refractivity contribution in [3.63, 3.8) is 0 Å². The maximum atomic E-state index is 12.8. The SMILES string of the molecule is CC(=O)c1ccccc1-c1ccc2nc(C#Cc3cccc(C)c3)[nH]c2c1.Cc1cccc(C#Cc2nc3ccc(-c4ccccc4C(C)O)cc3[nH]2)c1.O=S(=O)(Nc1ccccc1-c1ccc2nc(C#Cc3cccc(Cl)c3)[nH]c2c1)C(F)(F)F. The molecule has 3 heterocycles. The molecule has 12 rings (SSSR count). The lowest BCUT2D eigenvalue weighted by molar-refractivity contribution is -0.0429. The quantitative estimate of drug-likeness (QED) is 0.0781. The second kappa shape index (κ2) is 25.6. The van der Waals surface area contributed by atoms with E-state index in [1.54, 1.807) is 67.1 Å². The smallest absolute Gasteiger partial charge is 0.389 e. The number of nitrogens with one attached hydrogen (secondary N) is 4. The van der Waals surface area contributed by atoms with Crippen molar-refractivity contribution in [2.24, 2.45) is 0 Å². The van der Waals surface area contributed by atoms with Crippen molar-refractivity contribution in [1.29, 1.82) is 0 Å². The van der Waals surface area contributed by atoms with Crippen LogP contribution in [0.25, 0.3) is 66.5 Å². The molecule has 12 aromatic rings. The molecule has 0 radical (unpaired) electrons. The van der Waals surface area contributed by atoms with Gasteiger partial charge in [-0.1, -0.05) is 145 Å². The lowest BCUT2D eigenvalue weighted by atomic mass is 9.96. The van der Waals surface area contributed by atoms with Crippen molar-refractivity contribution in [3.05, 3.63) is 262 Å². The summed E-state index contributed by atoms with van der Waals surface area (Å²) in [6.07, 6.45) is -0.519. The minimum absolute atomic E-state index is 0.0556. The number of anilines is 1. The molecule has 5 N–H and O–H groups in total. The summed E-state index contributed by atoms with van der Waals surface area (Å²) in [6, 6.07) is 61.6. The highest BCUT2D eigenvalue weighted by Crippen LogP contribution is 2.34. The Morgan fingerprint density at radius 2 is 0.942 bits per heavy atom. The highest BCUT2D eigenvalue weighted by molar-refractivity contribution is 7.93. The highest BCUT2D eigenvalue weighted by atomic mass is 35.5. The standard InChI is InChI=1S/C24H20N2O.C24H18N2O.C22H13ClF3N3O2S/c2*1-16-6-5-7-18(14-16)10-13-24-25-22-12-11-19(15-23(22)26-24)21-9-4-3-8-20(21)17(2)27;23-16-5-3-4-14(12-16)8-11-21-27-19-10-9-15(13-20(19)28-21)17-6-1-2-7-18(17)29-32(30,31)22(24,25)26/h3-9,11-12,14-15,17,27H,1-2H3,(H,25,26);3-9,11-12,14-15H,1-2H3,(H,25,26);1-7,9-10,12-13,29H,(H,27,28). The average Bonchev–Trinajstić information content (AvgIpc) is 4.28. The van der Waals surface area contributed by atoms with E-state index in [4.69, 9.17) is 11.6 Å². The molecular weight excluding hydrogens is 1130 g/mol. The number of rotatable bonds is 7. The fourth-order valence-electron chi connectivity index (χ4n) is 9.31. The van der Waals surface area contributed by atoms with E-state index in [1.807, 2.05) is 122 Å². The third kappa shape index (κ3) is 14.3. The number of aliphatic hydroxyl groups excluding tert-OH is 1. The van der Waals surface area contributed by atoms with Crippen LogP contribution in [0, 0.1) is 49.4 Å². The normalized spacial score (nSPS) is 11.4. The Morgan fingerprint density at radius 3 is 1.41 bits per heavy atom. The molecule has 0 aliphatic rings. The van der Waals surface area contributed by atoms with Crippen molar-refractivity contribution < 1.29 is 31.5 Å². The Hall–Kier alpha value is -10.5. The van der Waals surface area contributed by atoms with Gasteiger partial charge in [0.05, 0.1) is 44.9 Å². The molecule has 0 aliphatic heterocycles. The van der Waals surface area contributed by atoms with E-state index in [1.165, 1.54) is 29.3 Å². The number of nitrogens with zero attached hydrogens (tertiary/aromatic N) is 3. The maximum Gasteiger partial charge on any atom is 0.516 e. The van der Waals surface area contributed by atoms with Gasteiger partial charge in [0.25, 0.3) is 0 Å². The van der Waals surface area contributed by atoms with Crippen LogP contribution in [0.15, 0.2) is 200 Å². The first-order chi connectivity index (χ1) is 41.3. The number of aliphatic hydroxyl groups is 1. The minimum Gasteiger partial charge on any atom is -0.389 e. The van der Waals surface area contributed by atoms with E-state index in [0.29, 0.717) is 44.7 Å². The van der Waals surface area contributed by atoms with Gasteiger partial charge in [0, 0.05) is 32.8 Å². The summed E-state index contributed by atoms with van der Waals surface area (Å²) < 4.78 is 63.1. The van der Waals surface area contributed by atoms with Gasteiger partial charge in [0.1, 0.15) is 0 Å². The van der Waals surface area contributed by atoms with Crippen LogP contribution < -0.4 is 4.72 Å². The summed E-state index contributed by atoms with van der Waals surface area (Å²) in [6.45, 7) is 7.48. The Labute approximate surface area is 499 Å². The number of halogens is 4. The molecule has 1 atom stereocenters. The van der Waals surface area contributed by atoms with E-state index >= 15 is 0 Å². The third-order valence-corrected chi connectivity index (χ3v) is 14.7. The van der Waals surface area contributed by atoms with Crippen molar-refractivity contribution in [3.8, 4) is 68.9 Å². The zero-order valence-electron chi connectivity index (χ0n) is 46.6. The number of Topliss-reactive ketones (excluding diaryl/α,β-unsaturated/α-hetero) is 1. The third-order valence-electron chi connectivity index (χ3n) is 13.4. The topological polar surface area (TPSA) is 170 Å². The van der Waals surface area contributed by atoms with E-state index in [0.717, 1.165) is 66.6 Å². The summed E-state index contributed by atoms with van der Waals surface area (Å²) in [5, 5.41) is 10.6. The van der Waals surface area contributed by atoms with Crippen molar-refractivity contribution in [2.75, 3.05) is 4.72 Å². The van der Waals surface area contributed by atoms with Crippen molar-refractivity contribution >= 4 is 66.2 Å². The number of fused-ring (bicyclic) bond motifs is 3. The van der Waals surface area contributed by atoms with Gasteiger partial charge in [0.2, 0.25) is 0 Å². The predicted octanol–water partition coefficient (Wildman–Crippen LogP) is 15.7. The summed E-state index contributed by atoms with van der Waals surface area (Å²) >= 11 is 5.95. The number of hydrogen-bond acceptors (Lipinski definition) is 7. The Kier molecular flexibility index (Phi) is 17.5. The van der Waals surface area contributed by atoms with E-state index in [2.05, 4.69) is 90.5 Å². The highest BCUT2D eigenvalue weighted by Gasteiger charge is 2.46. The van der Waals surface area contributed by atoms with E-state index in [9.17, 15) is 31.5 Å². The Balaban J connectivity index is 0.000000144. The zero-order chi connectivity index (χ0) is 60.5. The number of imidazole rings is 3. The number of ketones is 1. The summed E-state index contributed by atoms with van der Waals surface area (Å²) in [5.74, 6) is 20.1. The summed E-state index contributed by atoms with van der Waals surface area (Å²) in [4.78, 5) is 35.0. The van der Waals surface area contributed by atoms with Crippen LogP contribution in [-0.4, -0.2) is 54.7 Å². The molecule has 0 aliphatic carbocycles. The Bertz CT molecular complexity index is 4860. The number of carbonyl (C=O) groups excluding carboxylic acids is 1. The minimum atomic E-state index is -5.55.